The highest BCUT2D eigenvalue weighted by atomic mass is 35.5. The van der Waals surface area contributed by atoms with Crippen molar-refractivity contribution >= 4 is 33.3 Å². The highest BCUT2D eigenvalue weighted by Crippen LogP contribution is 2.37. The summed E-state index contributed by atoms with van der Waals surface area (Å²) >= 11 is 5.94. The van der Waals surface area contributed by atoms with Crippen LogP contribution in [0.2, 0.25) is 5.02 Å². The molecule has 0 bridgehead atoms. The number of likely N-dealkylation sites (tertiary alicyclic amines) is 1. The summed E-state index contributed by atoms with van der Waals surface area (Å²) in [6.45, 7) is 4.16. The van der Waals surface area contributed by atoms with E-state index in [1.165, 1.54) is 29.2 Å². The summed E-state index contributed by atoms with van der Waals surface area (Å²) in [5, 5.41) is 11.1. The largest absolute Gasteiger partial charge is 0.416 e. The van der Waals surface area contributed by atoms with Crippen LogP contribution in [-0.4, -0.2) is 83.8 Å². The number of halogens is 5. The minimum atomic E-state index is -4.93. The second-order valence-corrected chi connectivity index (χ2v) is 14.0. The van der Waals surface area contributed by atoms with Crippen LogP contribution in [0.1, 0.15) is 55.5 Å². The Morgan fingerprint density at radius 3 is 2.37 bits per heavy atom. The molecule has 8 nitrogen and oxygen atoms in total. The molecule has 14 heteroatoms. The molecule has 1 N–H and O–H groups in total. The molecule has 236 valence electrons. The maximum Gasteiger partial charge on any atom is 0.416 e. The molecular formula is C29H34ClF4N3O5S. The molecule has 1 heterocycles. The van der Waals surface area contributed by atoms with Crippen molar-refractivity contribution < 1.29 is 40.8 Å². The van der Waals surface area contributed by atoms with E-state index in [4.69, 9.17) is 11.6 Å². The summed E-state index contributed by atoms with van der Waals surface area (Å²) in [7, 11) is -1.82. The van der Waals surface area contributed by atoms with Crippen molar-refractivity contribution in [2.24, 2.45) is 5.92 Å². The monoisotopic (exact) mass is 647 g/mol. The number of amides is 2. The number of hydrogen-bond acceptors (Lipinski definition) is 6. The second-order valence-electron chi connectivity index (χ2n) is 11.5. The third kappa shape index (κ3) is 7.33. The fourth-order valence-electron chi connectivity index (χ4n) is 6.02. The van der Waals surface area contributed by atoms with Crippen LogP contribution in [0, 0.1) is 11.7 Å². The maximum absolute atomic E-state index is 13.9. The van der Waals surface area contributed by atoms with E-state index < -0.39 is 62.8 Å². The van der Waals surface area contributed by atoms with Crippen molar-refractivity contribution in [1.82, 2.24) is 14.9 Å². The van der Waals surface area contributed by atoms with E-state index in [9.17, 15) is 40.8 Å². The maximum atomic E-state index is 13.9. The Hall–Kier alpha value is -2.74. The predicted molar refractivity (Wildman–Crippen MR) is 151 cm³/mol. The second kappa shape index (κ2) is 12.7. The molecule has 1 saturated heterocycles. The summed E-state index contributed by atoms with van der Waals surface area (Å²) in [5.41, 5.74) is -2.17. The third-order valence-corrected chi connectivity index (χ3v) is 10.6. The fourth-order valence-corrected chi connectivity index (χ4v) is 7.81. The molecule has 4 rings (SSSR count). The molecule has 1 aliphatic carbocycles. The smallest absolute Gasteiger partial charge is 0.337 e. The average Bonchev–Trinajstić information content (AvgIpc) is 3.31. The van der Waals surface area contributed by atoms with Gasteiger partial charge in [0.05, 0.1) is 16.2 Å². The first-order valence-electron chi connectivity index (χ1n) is 13.9. The molecule has 0 aromatic heterocycles. The number of carbonyl (C=O) groups excluding carboxylic acids is 2. The lowest BCUT2D eigenvalue weighted by Gasteiger charge is -2.44. The topological polar surface area (TPSA) is 98.2 Å². The lowest BCUT2D eigenvalue weighted by Crippen LogP contribution is -2.53. The highest BCUT2D eigenvalue weighted by molar-refractivity contribution is 7.91. The Balaban J connectivity index is 1.57. The van der Waals surface area contributed by atoms with E-state index in [1.807, 2.05) is 20.9 Å². The van der Waals surface area contributed by atoms with Crippen molar-refractivity contribution in [3.05, 3.63) is 64.4 Å². The summed E-state index contributed by atoms with van der Waals surface area (Å²) < 4.78 is 80.3. The Bertz CT molecular complexity index is 1460. The molecule has 43 heavy (non-hydrogen) atoms. The van der Waals surface area contributed by atoms with E-state index >= 15 is 0 Å². The number of hydroxylamine groups is 2. The predicted octanol–water partition coefficient (Wildman–Crippen LogP) is 5.28. The number of nitrogens with zero attached hydrogens (tertiary/aromatic N) is 3. The van der Waals surface area contributed by atoms with Crippen LogP contribution in [-0.2, 0) is 20.8 Å². The standard InChI is InChI=1S/C29H34ClF4N3O5S/c1-17(2)35(3)23-6-9-25(19(14-23)16-43(41,42)24-7-4-21(30)5-8-24)36-11-10-26(28(36)39)37(40)27(38)18-12-20(29(32,33)34)15-22(31)13-18/h4-5,7-8,12-13,15,17,19,23,25-26,40H,6,9-11,14,16H2,1-3H3/t19-,23+,25-,26?/m0/s1. The van der Waals surface area contributed by atoms with Crippen molar-refractivity contribution in [3.63, 3.8) is 0 Å². The summed E-state index contributed by atoms with van der Waals surface area (Å²) in [4.78, 5) is 30.2. The zero-order valence-electron chi connectivity index (χ0n) is 23.9. The Morgan fingerprint density at radius 2 is 1.77 bits per heavy atom. The zero-order chi connectivity index (χ0) is 31.9. The molecule has 1 saturated carbocycles. The highest BCUT2D eigenvalue weighted by Gasteiger charge is 2.46. The van der Waals surface area contributed by atoms with Gasteiger partial charge in [-0.25, -0.2) is 17.9 Å². The van der Waals surface area contributed by atoms with Gasteiger partial charge in [0, 0.05) is 35.3 Å². The molecule has 0 spiro atoms. The van der Waals surface area contributed by atoms with Gasteiger partial charge in [-0.2, -0.15) is 13.2 Å². The average molecular weight is 648 g/mol. The van der Waals surface area contributed by atoms with Crippen LogP contribution < -0.4 is 0 Å². The van der Waals surface area contributed by atoms with E-state index in [0.717, 1.165) is 0 Å². The van der Waals surface area contributed by atoms with Gasteiger partial charge in [-0.1, -0.05) is 11.6 Å². The fraction of sp³-hybridized carbons (Fsp3) is 0.517. The van der Waals surface area contributed by atoms with Gasteiger partial charge >= 0.3 is 6.18 Å². The molecule has 2 aliphatic rings. The van der Waals surface area contributed by atoms with Crippen LogP contribution in [0.15, 0.2) is 47.4 Å². The Kier molecular flexibility index (Phi) is 9.80. The minimum Gasteiger partial charge on any atom is -0.337 e. The number of alkyl halides is 3. The lowest BCUT2D eigenvalue weighted by molar-refractivity contribution is -0.147. The van der Waals surface area contributed by atoms with E-state index in [2.05, 4.69) is 4.90 Å². The van der Waals surface area contributed by atoms with Gasteiger partial charge in [0.15, 0.2) is 9.84 Å². The molecule has 1 aliphatic heterocycles. The molecule has 2 amide bonds. The van der Waals surface area contributed by atoms with Gasteiger partial charge in [-0.05, 0) is 95.0 Å². The van der Waals surface area contributed by atoms with Crippen LogP contribution in [0.5, 0.6) is 0 Å². The third-order valence-electron chi connectivity index (χ3n) is 8.50. The van der Waals surface area contributed by atoms with Gasteiger partial charge < -0.3 is 9.80 Å². The molecular weight excluding hydrogens is 614 g/mol. The van der Waals surface area contributed by atoms with Crippen molar-refractivity contribution in [3.8, 4) is 0 Å². The summed E-state index contributed by atoms with van der Waals surface area (Å²) in [5.74, 6) is -4.06. The number of hydrogen-bond donors (Lipinski definition) is 1. The number of rotatable bonds is 8. The van der Waals surface area contributed by atoms with Crippen LogP contribution >= 0.6 is 11.6 Å². The number of benzene rings is 2. The SMILES string of the molecule is CC(C)N(C)[C@@H]1CC[C@H](N2CCC(N(O)C(=O)c3cc(F)cc(C(F)(F)F)c3)C2=O)[C@H](CS(=O)(=O)c2ccc(Cl)cc2)C1. The van der Waals surface area contributed by atoms with E-state index in [1.54, 1.807) is 0 Å². The lowest BCUT2D eigenvalue weighted by atomic mass is 9.81. The summed E-state index contributed by atoms with van der Waals surface area (Å²) in [6.07, 6.45) is -3.34. The first-order valence-corrected chi connectivity index (χ1v) is 15.9. The van der Waals surface area contributed by atoms with Crippen LogP contribution in [0.4, 0.5) is 17.6 Å². The van der Waals surface area contributed by atoms with Crippen molar-refractivity contribution in [2.45, 2.75) is 74.8 Å². The zero-order valence-corrected chi connectivity index (χ0v) is 25.5. The van der Waals surface area contributed by atoms with Crippen molar-refractivity contribution in [1.29, 1.82) is 0 Å². The first-order chi connectivity index (χ1) is 20.0. The minimum absolute atomic E-state index is 0.0367. The first kappa shape index (κ1) is 33.2. The number of carbonyl (C=O) groups is 2. The van der Waals surface area contributed by atoms with Crippen LogP contribution in [0.25, 0.3) is 0 Å². The normalized spacial score (nSPS) is 23.3. The van der Waals surface area contributed by atoms with Gasteiger partial charge in [0.1, 0.15) is 11.9 Å². The molecule has 4 atom stereocenters. The van der Waals surface area contributed by atoms with Gasteiger partial charge in [-0.3, -0.25) is 14.8 Å². The Labute approximate surface area is 253 Å². The van der Waals surface area contributed by atoms with Crippen molar-refractivity contribution in [2.75, 3.05) is 19.3 Å². The van der Waals surface area contributed by atoms with Crippen LogP contribution in [0.3, 0.4) is 0 Å². The molecule has 1 unspecified atom stereocenters. The molecule has 2 fully saturated rings. The quantitative estimate of drug-likeness (QED) is 0.238. The molecule has 2 aromatic carbocycles. The summed E-state index contributed by atoms with van der Waals surface area (Å²) in [6, 6.07) is 5.33. The molecule has 2 aromatic rings. The molecule has 0 radical (unpaired) electrons. The van der Waals surface area contributed by atoms with E-state index in [0.29, 0.717) is 36.4 Å². The van der Waals surface area contributed by atoms with Gasteiger partial charge in [-0.15, -0.1) is 0 Å². The number of sulfone groups is 1. The van der Waals surface area contributed by atoms with Gasteiger partial charge in [0.25, 0.3) is 5.91 Å². The van der Waals surface area contributed by atoms with E-state index in [-0.39, 0.29) is 46.8 Å². The Morgan fingerprint density at radius 1 is 1.12 bits per heavy atom. The van der Waals surface area contributed by atoms with Gasteiger partial charge in [0.2, 0.25) is 5.91 Å².